The van der Waals surface area contributed by atoms with Crippen molar-refractivity contribution in [2.24, 2.45) is 0 Å². The van der Waals surface area contributed by atoms with Crippen LogP contribution in [0.5, 0.6) is 0 Å². The van der Waals surface area contributed by atoms with Crippen LogP contribution in [0, 0.1) is 0 Å². The van der Waals surface area contributed by atoms with Gasteiger partial charge in [0.25, 0.3) is 11.8 Å². The second-order valence-corrected chi connectivity index (χ2v) is 8.01. The number of aromatic nitrogens is 1. The minimum Gasteiger partial charge on any atom is -0.459 e. The Morgan fingerprint density at radius 2 is 1.77 bits per heavy atom. The first kappa shape index (κ1) is 15.7. The summed E-state index contributed by atoms with van der Waals surface area (Å²) in [4.78, 5) is 29.5. The van der Waals surface area contributed by atoms with Gasteiger partial charge in [-0.1, -0.05) is 0 Å². The summed E-state index contributed by atoms with van der Waals surface area (Å²) in [5.74, 6) is 0.307. The van der Waals surface area contributed by atoms with E-state index in [-0.39, 0.29) is 11.8 Å². The van der Waals surface area contributed by atoms with Crippen LogP contribution in [0.2, 0.25) is 0 Å². The van der Waals surface area contributed by atoms with Gasteiger partial charge >= 0.3 is 0 Å². The van der Waals surface area contributed by atoms with Gasteiger partial charge in [-0.05, 0) is 31.0 Å². The minimum atomic E-state index is -0.110. The third-order valence-electron chi connectivity index (χ3n) is 5.11. The van der Waals surface area contributed by atoms with Crippen molar-refractivity contribution in [3.05, 3.63) is 47.5 Å². The van der Waals surface area contributed by atoms with Gasteiger partial charge < -0.3 is 18.8 Å². The molecule has 2 amide bonds. The van der Waals surface area contributed by atoms with Crippen LogP contribution >= 0.6 is 11.3 Å². The maximum absolute atomic E-state index is 12.8. The van der Waals surface area contributed by atoms with Gasteiger partial charge in [-0.3, -0.25) is 9.59 Å². The average Bonchev–Trinajstić information content (AvgIpc) is 3.07. The second kappa shape index (κ2) is 6.02. The molecule has 1 saturated heterocycles. The number of piperazine rings is 1. The summed E-state index contributed by atoms with van der Waals surface area (Å²) in [7, 11) is 0. The lowest BCUT2D eigenvalue weighted by Gasteiger charge is -2.34. The number of hydrogen-bond acceptors (Lipinski definition) is 4. The molecule has 0 bridgehead atoms. The molecule has 1 saturated carbocycles. The molecule has 0 N–H and O–H groups in total. The molecule has 0 unspecified atom stereocenters. The Bertz CT molecular complexity index is 928. The molecule has 134 valence electrons. The molecule has 6 nitrogen and oxygen atoms in total. The number of carbonyl (C=O) groups is 2. The zero-order chi connectivity index (χ0) is 17.7. The molecule has 0 atom stereocenters. The molecule has 0 radical (unpaired) electrons. The molecule has 5 rings (SSSR count). The van der Waals surface area contributed by atoms with Gasteiger partial charge in [0.1, 0.15) is 0 Å². The summed E-state index contributed by atoms with van der Waals surface area (Å²) in [6.45, 7) is 2.17. The van der Waals surface area contributed by atoms with Crippen molar-refractivity contribution in [3.8, 4) is 0 Å². The first-order chi connectivity index (χ1) is 12.7. The number of furan rings is 1. The van der Waals surface area contributed by atoms with Crippen LogP contribution in [-0.4, -0.2) is 52.4 Å². The van der Waals surface area contributed by atoms with E-state index in [1.54, 1.807) is 28.4 Å². The van der Waals surface area contributed by atoms with Crippen LogP contribution < -0.4 is 0 Å². The Balaban J connectivity index is 1.25. The number of thiophene rings is 1. The van der Waals surface area contributed by atoms with Crippen LogP contribution in [0.4, 0.5) is 0 Å². The zero-order valence-electron chi connectivity index (χ0n) is 14.3. The first-order valence-electron chi connectivity index (χ1n) is 8.92. The fourth-order valence-electron chi connectivity index (χ4n) is 3.47. The fraction of sp³-hybridized carbons (Fsp3) is 0.368. The summed E-state index contributed by atoms with van der Waals surface area (Å²) in [5, 5.41) is 1.15. The normalized spacial score (nSPS) is 17.8. The van der Waals surface area contributed by atoms with E-state index < -0.39 is 0 Å². The highest BCUT2D eigenvalue weighted by Crippen LogP contribution is 2.38. The van der Waals surface area contributed by atoms with Crippen LogP contribution in [0.3, 0.4) is 0 Å². The van der Waals surface area contributed by atoms with Crippen molar-refractivity contribution in [1.82, 2.24) is 14.4 Å². The molecule has 1 aliphatic heterocycles. The van der Waals surface area contributed by atoms with Gasteiger partial charge in [-0.25, -0.2) is 0 Å². The first-order valence-corrected chi connectivity index (χ1v) is 9.74. The molecule has 2 fully saturated rings. The monoisotopic (exact) mass is 369 g/mol. The highest BCUT2D eigenvalue weighted by Gasteiger charge is 2.28. The third kappa shape index (κ3) is 2.72. The minimum absolute atomic E-state index is 0.0641. The van der Waals surface area contributed by atoms with Crippen molar-refractivity contribution in [2.75, 3.05) is 26.2 Å². The van der Waals surface area contributed by atoms with E-state index in [1.165, 1.54) is 23.8 Å². The molecule has 1 aliphatic carbocycles. The lowest BCUT2D eigenvalue weighted by Crippen LogP contribution is -2.50. The Kier molecular flexibility index (Phi) is 3.63. The van der Waals surface area contributed by atoms with Gasteiger partial charge in [0.05, 0.1) is 15.8 Å². The SMILES string of the molecule is O=C(c1ccco1)N1CCN(C(=O)c2cc3cn(C4CC4)cc3s2)CC1. The van der Waals surface area contributed by atoms with Crippen molar-refractivity contribution in [1.29, 1.82) is 0 Å². The van der Waals surface area contributed by atoms with Crippen molar-refractivity contribution in [2.45, 2.75) is 18.9 Å². The second-order valence-electron chi connectivity index (χ2n) is 6.93. The molecule has 3 aromatic heterocycles. The van der Waals surface area contributed by atoms with Gasteiger partial charge in [-0.2, -0.15) is 0 Å². The molecule has 3 aromatic rings. The smallest absolute Gasteiger partial charge is 0.289 e. The average molecular weight is 369 g/mol. The number of amides is 2. The molecule has 7 heteroatoms. The molecular weight excluding hydrogens is 350 g/mol. The van der Waals surface area contributed by atoms with E-state index in [1.807, 2.05) is 11.0 Å². The summed E-state index contributed by atoms with van der Waals surface area (Å²) in [5.41, 5.74) is 0. The van der Waals surface area contributed by atoms with E-state index >= 15 is 0 Å². The predicted octanol–water partition coefficient (Wildman–Crippen LogP) is 3.23. The van der Waals surface area contributed by atoms with Gasteiger partial charge in [-0.15, -0.1) is 11.3 Å². The van der Waals surface area contributed by atoms with E-state index in [0.717, 1.165) is 10.3 Å². The Hall–Kier alpha value is -2.54. The van der Waals surface area contributed by atoms with Gasteiger partial charge in [0.15, 0.2) is 5.76 Å². The van der Waals surface area contributed by atoms with Gasteiger partial charge in [0, 0.05) is 50.0 Å². The number of nitrogens with zero attached hydrogens (tertiary/aromatic N) is 3. The van der Waals surface area contributed by atoms with Crippen molar-refractivity contribution < 1.29 is 14.0 Å². The maximum Gasteiger partial charge on any atom is 0.289 e. The largest absolute Gasteiger partial charge is 0.459 e. The lowest BCUT2D eigenvalue weighted by atomic mass is 10.2. The fourth-order valence-corrected chi connectivity index (χ4v) is 4.51. The van der Waals surface area contributed by atoms with E-state index in [2.05, 4.69) is 17.0 Å². The van der Waals surface area contributed by atoms with Crippen LogP contribution in [-0.2, 0) is 0 Å². The van der Waals surface area contributed by atoms with Crippen molar-refractivity contribution >= 4 is 33.2 Å². The van der Waals surface area contributed by atoms with E-state index in [4.69, 9.17) is 4.42 Å². The molecular formula is C19H19N3O3S. The summed E-state index contributed by atoms with van der Waals surface area (Å²) in [6.07, 6.45) is 8.33. The predicted molar refractivity (Wildman–Crippen MR) is 98.6 cm³/mol. The van der Waals surface area contributed by atoms with E-state index in [9.17, 15) is 9.59 Å². The third-order valence-corrected chi connectivity index (χ3v) is 6.18. The quantitative estimate of drug-likeness (QED) is 0.712. The number of carbonyl (C=O) groups excluding carboxylic acids is 2. The molecule has 0 aromatic carbocycles. The topological polar surface area (TPSA) is 58.7 Å². The Morgan fingerprint density at radius 3 is 2.38 bits per heavy atom. The molecule has 0 spiro atoms. The van der Waals surface area contributed by atoms with Crippen LogP contribution in [0.25, 0.3) is 10.1 Å². The Labute approximate surface area is 154 Å². The molecule has 4 heterocycles. The van der Waals surface area contributed by atoms with Crippen LogP contribution in [0.15, 0.2) is 41.3 Å². The number of fused-ring (bicyclic) bond motifs is 1. The highest BCUT2D eigenvalue weighted by molar-refractivity contribution is 7.20. The zero-order valence-corrected chi connectivity index (χ0v) is 15.1. The molecule has 2 aliphatic rings. The summed E-state index contributed by atoms with van der Waals surface area (Å²) < 4.78 is 8.62. The van der Waals surface area contributed by atoms with E-state index in [0.29, 0.717) is 38.0 Å². The lowest BCUT2D eigenvalue weighted by molar-refractivity contribution is 0.0520. The summed E-state index contributed by atoms with van der Waals surface area (Å²) >= 11 is 1.56. The maximum atomic E-state index is 12.8. The van der Waals surface area contributed by atoms with Crippen LogP contribution in [0.1, 0.15) is 39.1 Å². The highest BCUT2D eigenvalue weighted by atomic mass is 32.1. The number of hydrogen-bond donors (Lipinski definition) is 0. The van der Waals surface area contributed by atoms with Crippen molar-refractivity contribution in [3.63, 3.8) is 0 Å². The Morgan fingerprint density at radius 1 is 1.04 bits per heavy atom. The number of rotatable bonds is 3. The van der Waals surface area contributed by atoms with Gasteiger partial charge in [0.2, 0.25) is 0 Å². The standard InChI is InChI=1S/C19H19N3O3S/c23-18(15-2-1-9-25-15)20-5-7-21(8-6-20)19(24)16-10-13-11-22(14-3-4-14)12-17(13)26-16/h1-2,9-12,14H,3-8H2. The molecule has 26 heavy (non-hydrogen) atoms. The summed E-state index contributed by atoms with van der Waals surface area (Å²) in [6, 6.07) is 6.04.